The van der Waals surface area contributed by atoms with Crippen molar-refractivity contribution >= 4 is 22.5 Å². The Kier molecular flexibility index (Phi) is 3.44. The predicted molar refractivity (Wildman–Crippen MR) is 81.7 cm³/mol. The van der Waals surface area contributed by atoms with Gasteiger partial charge in [0.05, 0.1) is 0 Å². The van der Waals surface area contributed by atoms with E-state index in [1.54, 1.807) is 19.1 Å². The minimum absolute atomic E-state index is 0.176. The van der Waals surface area contributed by atoms with E-state index in [-0.39, 0.29) is 18.3 Å². The van der Waals surface area contributed by atoms with Crippen LogP contribution in [0.2, 0.25) is 0 Å². The van der Waals surface area contributed by atoms with Gasteiger partial charge in [0.1, 0.15) is 12.4 Å². The SMILES string of the molecule is Cc1c(F)cccc1NC(=O)Cn1ccc2ccccc21. The van der Waals surface area contributed by atoms with Crippen LogP contribution in [-0.4, -0.2) is 10.5 Å². The van der Waals surface area contributed by atoms with Crippen molar-refractivity contribution in [3.8, 4) is 0 Å². The molecule has 0 aliphatic heterocycles. The van der Waals surface area contributed by atoms with E-state index in [2.05, 4.69) is 5.32 Å². The number of halogens is 1. The summed E-state index contributed by atoms with van der Waals surface area (Å²) in [4.78, 5) is 12.1. The highest BCUT2D eigenvalue weighted by Crippen LogP contribution is 2.18. The zero-order chi connectivity index (χ0) is 14.8. The lowest BCUT2D eigenvalue weighted by molar-refractivity contribution is -0.116. The molecule has 0 aliphatic rings. The second-order valence-corrected chi connectivity index (χ2v) is 4.96. The third kappa shape index (κ3) is 2.65. The lowest BCUT2D eigenvalue weighted by Gasteiger charge is -2.10. The monoisotopic (exact) mass is 282 g/mol. The molecule has 106 valence electrons. The van der Waals surface area contributed by atoms with Gasteiger partial charge < -0.3 is 9.88 Å². The van der Waals surface area contributed by atoms with Gasteiger partial charge in [0, 0.05) is 23.0 Å². The minimum atomic E-state index is -0.320. The summed E-state index contributed by atoms with van der Waals surface area (Å²) in [5, 5.41) is 3.84. The normalized spacial score (nSPS) is 10.8. The second kappa shape index (κ2) is 5.40. The van der Waals surface area contributed by atoms with Crippen molar-refractivity contribution in [1.82, 2.24) is 4.57 Å². The molecule has 0 saturated carbocycles. The van der Waals surface area contributed by atoms with Crippen LogP contribution in [0.1, 0.15) is 5.56 Å². The van der Waals surface area contributed by atoms with Crippen LogP contribution in [0.5, 0.6) is 0 Å². The molecule has 0 aliphatic carbocycles. The summed E-state index contributed by atoms with van der Waals surface area (Å²) < 4.78 is 15.3. The summed E-state index contributed by atoms with van der Waals surface area (Å²) in [5.41, 5.74) is 1.96. The van der Waals surface area contributed by atoms with Crippen molar-refractivity contribution in [2.45, 2.75) is 13.5 Å². The van der Waals surface area contributed by atoms with Crippen LogP contribution in [0.3, 0.4) is 0 Å². The fourth-order valence-corrected chi connectivity index (χ4v) is 2.37. The number of para-hydroxylation sites is 1. The smallest absolute Gasteiger partial charge is 0.244 e. The number of anilines is 1. The van der Waals surface area contributed by atoms with Gasteiger partial charge >= 0.3 is 0 Å². The quantitative estimate of drug-likeness (QED) is 0.780. The molecule has 0 radical (unpaired) electrons. The Morgan fingerprint density at radius 3 is 2.81 bits per heavy atom. The first-order valence-corrected chi connectivity index (χ1v) is 6.74. The minimum Gasteiger partial charge on any atom is -0.338 e. The maximum atomic E-state index is 13.5. The number of hydrogen-bond acceptors (Lipinski definition) is 1. The summed E-state index contributed by atoms with van der Waals surface area (Å²) in [7, 11) is 0. The van der Waals surface area contributed by atoms with Gasteiger partial charge in [-0.25, -0.2) is 4.39 Å². The van der Waals surface area contributed by atoms with E-state index in [0.717, 1.165) is 10.9 Å². The fraction of sp³-hybridized carbons (Fsp3) is 0.118. The Bertz CT molecular complexity index is 807. The van der Waals surface area contributed by atoms with E-state index in [4.69, 9.17) is 0 Å². The molecular formula is C17H15FN2O. The molecular weight excluding hydrogens is 267 g/mol. The average Bonchev–Trinajstić information content (AvgIpc) is 2.87. The standard InChI is InChI=1S/C17H15FN2O/c1-12-14(18)6-4-7-15(12)19-17(21)11-20-10-9-13-5-2-3-8-16(13)20/h2-10H,11H2,1H3,(H,19,21). The van der Waals surface area contributed by atoms with Crippen molar-refractivity contribution in [2.75, 3.05) is 5.32 Å². The number of fused-ring (bicyclic) bond motifs is 1. The maximum absolute atomic E-state index is 13.5. The molecule has 2 aromatic carbocycles. The predicted octanol–water partition coefficient (Wildman–Crippen LogP) is 3.73. The number of aromatic nitrogens is 1. The first-order chi connectivity index (χ1) is 10.1. The van der Waals surface area contributed by atoms with Gasteiger partial charge in [0.25, 0.3) is 0 Å². The molecule has 1 heterocycles. The number of carbonyl (C=O) groups excluding carboxylic acids is 1. The largest absolute Gasteiger partial charge is 0.338 e. The molecule has 0 fully saturated rings. The zero-order valence-corrected chi connectivity index (χ0v) is 11.6. The molecule has 1 N–H and O–H groups in total. The van der Waals surface area contributed by atoms with Crippen LogP contribution < -0.4 is 5.32 Å². The Morgan fingerprint density at radius 1 is 1.14 bits per heavy atom. The van der Waals surface area contributed by atoms with Crippen LogP contribution in [0.4, 0.5) is 10.1 Å². The van der Waals surface area contributed by atoms with Crippen molar-refractivity contribution in [3.63, 3.8) is 0 Å². The Hall–Kier alpha value is -2.62. The maximum Gasteiger partial charge on any atom is 0.244 e. The van der Waals surface area contributed by atoms with Crippen LogP contribution in [-0.2, 0) is 11.3 Å². The summed E-state index contributed by atoms with van der Waals surface area (Å²) >= 11 is 0. The second-order valence-electron chi connectivity index (χ2n) is 4.96. The molecule has 0 unspecified atom stereocenters. The van der Waals surface area contributed by atoms with Crippen molar-refractivity contribution in [3.05, 3.63) is 66.1 Å². The van der Waals surface area contributed by atoms with Crippen molar-refractivity contribution in [1.29, 1.82) is 0 Å². The molecule has 4 heteroatoms. The summed E-state index contributed by atoms with van der Waals surface area (Å²) in [6, 6.07) is 14.5. The highest BCUT2D eigenvalue weighted by atomic mass is 19.1. The lowest BCUT2D eigenvalue weighted by Crippen LogP contribution is -2.19. The fourth-order valence-electron chi connectivity index (χ4n) is 2.37. The van der Waals surface area contributed by atoms with Crippen molar-refractivity contribution < 1.29 is 9.18 Å². The number of rotatable bonds is 3. The molecule has 0 atom stereocenters. The first-order valence-electron chi connectivity index (χ1n) is 6.74. The summed E-state index contributed by atoms with van der Waals surface area (Å²) in [6.07, 6.45) is 1.88. The van der Waals surface area contributed by atoms with E-state index >= 15 is 0 Å². The van der Waals surface area contributed by atoms with Gasteiger partial charge in [-0.15, -0.1) is 0 Å². The highest BCUT2D eigenvalue weighted by Gasteiger charge is 2.09. The zero-order valence-electron chi connectivity index (χ0n) is 11.6. The van der Waals surface area contributed by atoms with E-state index < -0.39 is 0 Å². The van der Waals surface area contributed by atoms with Gasteiger partial charge in [-0.2, -0.15) is 0 Å². The highest BCUT2D eigenvalue weighted by molar-refractivity contribution is 5.92. The topological polar surface area (TPSA) is 34.0 Å². The van der Waals surface area contributed by atoms with Crippen LogP contribution >= 0.6 is 0 Å². The van der Waals surface area contributed by atoms with Crippen molar-refractivity contribution in [2.24, 2.45) is 0 Å². The molecule has 1 aromatic heterocycles. The molecule has 3 aromatic rings. The van der Waals surface area contributed by atoms with E-state index in [1.807, 2.05) is 41.1 Å². The third-order valence-electron chi connectivity index (χ3n) is 3.54. The Morgan fingerprint density at radius 2 is 1.95 bits per heavy atom. The molecule has 0 saturated heterocycles. The van der Waals surface area contributed by atoms with E-state index in [9.17, 15) is 9.18 Å². The molecule has 3 rings (SSSR count). The van der Waals surface area contributed by atoms with Gasteiger partial charge in [-0.3, -0.25) is 4.79 Å². The molecule has 0 spiro atoms. The van der Waals surface area contributed by atoms with Gasteiger partial charge in [0.2, 0.25) is 5.91 Å². The number of amides is 1. The Balaban J connectivity index is 1.79. The van der Waals surface area contributed by atoms with E-state index in [1.165, 1.54) is 6.07 Å². The van der Waals surface area contributed by atoms with Crippen LogP contribution in [0.25, 0.3) is 10.9 Å². The number of carbonyl (C=O) groups is 1. The average molecular weight is 282 g/mol. The first kappa shape index (κ1) is 13.4. The number of hydrogen-bond donors (Lipinski definition) is 1. The Labute approximate surface area is 122 Å². The summed E-state index contributed by atoms with van der Waals surface area (Å²) in [6.45, 7) is 1.85. The number of nitrogens with one attached hydrogen (secondary N) is 1. The third-order valence-corrected chi connectivity index (χ3v) is 3.54. The summed E-state index contributed by atoms with van der Waals surface area (Å²) in [5.74, 6) is -0.496. The van der Waals surface area contributed by atoms with Gasteiger partial charge in [-0.1, -0.05) is 24.3 Å². The molecule has 0 bridgehead atoms. The van der Waals surface area contributed by atoms with E-state index in [0.29, 0.717) is 11.3 Å². The molecule has 3 nitrogen and oxygen atoms in total. The van der Waals surface area contributed by atoms with Gasteiger partial charge in [0.15, 0.2) is 0 Å². The lowest BCUT2D eigenvalue weighted by atomic mass is 10.2. The van der Waals surface area contributed by atoms with Crippen LogP contribution in [0.15, 0.2) is 54.7 Å². The van der Waals surface area contributed by atoms with Crippen LogP contribution in [0, 0.1) is 12.7 Å². The molecule has 1 amide bonds. The number of benzene rings is 2. The number of nitrogens with zero attached hydrogens (tertiary/aromatic N) is 1. The van der Waals surface area contributed by atoms with Gasteiger partial charge in [-0.05, 0) is 36.6 Å². The molecule has 21 heavy (non-hydrogen) atoms.